The van der Waals surface area contributed by atoms with E-state index in [1.165, 1.54) is 7.11 Å². The quantitative estimate of drug-likeness (QED) is 0.265. The lowest BCUT2D eigenvalue weighted by atomic mass is 10.1. The van der Waals surface area contributed by atoms with E-state index >= 15 is 0 Å². The number of amides is 2. The first-order valence-corrected chi connectivity index (χ1v) is 14.0. The number of ether oxygens (including phenoxy) is 3. The second-order valence-electron chi connectivity index (χ2n) is 10.00. The monoisotopic (exact) mass is 616 g/mol. The molecule has 3 aromatic rings. The molecule has 0 aliphatic heterocycles. The molecular weight excluding hydrogens is 584 g/mol. The molecule has 0 saturated carbocycles. The highest BCUT2D eigenvalue weighted by atomic mass is 79.9. The Morgan fingerprint density at radius 3 is 2.36 bits per heavy atom. The number of nitrogens with zero attached hydrogens (tertiary/aromatic N) is 1. The van der Waals surface area contributed by atoms with Gasteiger partial charge in [0.05, 0.1) is 23.0 Å². The minimum absolute atomic E-state index is 0.0438. The summed E-state index contributed by atoms with van der Waals surface area (Å²) in [7, 11) is 1.28. The number of thiophene rings is 1. The van der Waals surface area contributed by atoms with E-state index in [-0.39, 0.29) is 29.3 Å². The zero-order valence-corrected chi connectivity index (χ0v) is 25.3. The van der Waals surface area contributed by atoms with Gasteiger partial charge in [-0.25, -0.2) is 14.4 Å². The van der Waals surface area contributed by atoms with E-state index in [1.54, 1.807) is 25.7 Å². The average Bonchev–Trinajstić information content (AvgIpc) is 3.20. The van der Waals surface area contributed by atoms with Crippen molar-refractivity contribution in [2.24, 2.45) is 0 Å². The summed E-state index contributed by atoms with van der Waals surface area (Å²) < 4.78 is 16.5. The summed E-state index contributed by atoms with van der Waals surface area (Å²) in [4.78, 5) is 40.6. The van der Waals surface area contributed by atoms with Crippen molar-refractivity contribution >= 4 is 50.9 Å². The van der Waals surface area contributed by atoms with Crippen molar-refractivity contribution in [3.63, 3.8) is 0 Å². The maximum absolute atomic E-state index is 13.2. The predicted octanol–water partition coefficient (Wildman–Crippen LogP) is 6.81. The molecule has 0 saturated heterocycles. The van der Waals surface area contributed by atoms with Crippen molar-refractivity contribution in [3.05, 3.63) is 69.5 Å². The Morgan fingerprint density at radius 1 is 1.05 bits per heavy atom. The summed E-state index contributed by atoms with van der Waals surface area (Å²) in [6.45, 7) is 9.09. The fourth-order valence-electron chi connectivity index (χ4n) is 3.63. The molecule has 1 N–H and O–H groups in total. The van der Waals surface area contributed by atoms with E-state index in [0.717, 1.165) is 22.5 Å². The van der Waals surface area contributed by atoms with Gasteiger partial charge >= 0.3 is 18.0 Å². The van der Waals surface area contributed by atoms with Crippen LogP contribution in [0.4, 0.5) is 10.5 Å². The van der Waals surface area contributed by atoms with Crippen LogP contribution in [-0.2, 0) is 20.8 Å². The minimum Gasteiger partial charge on any atom is -0.479 e. The number of methoxy groups -OCH3 is 1. The molecule has 2 amide bonds. The molecule has 8 nitrogen and oxygen atoms in total. The van der Waals surface area contributed by atoms with Crippen LogP contribution in [-0.4, -0.2) is 43.3 Å². The number of nitrogens with one attached hydrogen (secondary N) is 1. The van der Waals surface area contributed by atoms with Gasteiger partial charge in [0.1, 0.15) is 5.60 Å². The van der Waals surface area contributed by atoms with Crippen LogP contribution >= 0.6 is 27.3 Å². The fourth-order valence-corrected chi connectivity index (χ4v) is 5.59. The number of urea groups is 1. The van der Waals surface area contributed by atoms with Gasteiger partial charge in [0.25, 0.3) is 0 Å². The molecule has 39 heavy (non-hydrogen) atoms. The second-order valence-corrected chi connectivity index (χ2v) is 11.8. The van der Waals surface area contributed by atoms with Crippen LogP contribution in [0.2, 0.25) is 0 Å². The van der Waals surface area contributed by atoms with Gasteiger partial charge in [-0.2, -0.15) is 0 Å². The molecule has 0 radical (unpaired) electrons. The highest BCUT2D eigenvalue weighted by Gasteiger charge is 2.27. The summed E-state index contributed by atoms with van der Waals surface area (Å²) in [5.41, 5.74) is 1.73. The SMILES string of the molecule is COC(=O)c1sc(-c2cccc(N(Cc3ccccc3)C(=O)NC(C)C)c2)c(Br)c1OCC(=O)OC(C)(C)C. The van der Waals surface area contributed by atoms with Gasteiger partial charge in [0.2, 0.25) is 0 Å². The van der Waals surface area contributed by atoms with E-state index in [4.69, 9.17) is 14.2 Å². The van der Waals surface area contributed by atoms with Crippen molar-refractivity contribution in [2.45, 2.75) is 52.8 Å². The molecule has 10 heteroatoms. The molecule has 0 aliphatic carbocycles. The van der Waals surface area contributed by atoms with Crippen LogP contribution in [0, 0.1) is 0 Å². The van der Waals surface area contributed by atoms with E-state index in [1.807, 2.05) is 68.4 Å². The lowest BCUT2D eigenvalue weighted by Crippen LogP contribution is -2.42. The zero-order chi connectivity index (χ0) is 28.7. The molecule has 0 atom stereocenters. The molecule has 1 heterocycles. The Kier molecular flexibility index (Phi) is 10.2. The van der Waals surface area contributed by atoms with E-state index in [9.17, 15) is 14.4 Å². The van der Waals surface area contributed by atoms with Crippen molar-refractivity contribution in [1.82, 2.24) is 5.32 Å². The van der Waals surface area contributed by atoms with Crippen LogP contribution in [0.3, 0.4) is 0 Å². The molecular formula is C29H33BrN2O6S. The third-order valence-corrected chi connectivity index (χ3v) is 7.41. The Bertz CT molecular complexity index is 1320. The van der Waals surface area contributed by atoms with Crippen LogP contribution < -0.4 is 15.0 Å². The summed E-state index contributed by atoms with van der Waals surface area (Å²) in [5, 5.41) is 2.97. The van der Waals surface area contributed by atoms with Gasteiger partial charge in [-0.15, -0.1) is 11.3 Å². The zero-order valence-electron chi connectivity index (χ0n) is 22.9. The maximum atomic E-state index is 13.2. The van der Waals surface area contributed by atoms with Crippen LogP contribution in [0.5, 0.6) is 5.75 Å². The molecule has 0 unspecified atom stereocenters. The van der Waals surface area contributed by atoms with Gasteiger partial charge in [-0.05, 0) is 73.8 Å². The smallest absolute Gasteiger partial charge is 0.351 e. The third-order valence-electron chi connectivity index (χ3n) is 5.20. The van der Waals surface area contributed by atoms with E-state index in [2.05, 4.69) is 21.2 Å². The largest absolute Gasteiger partial charge is 0.479 e. The van der Waals surface area contributed by atoms with Gasteiger partial charge in [0.15, 0.2) is 17.2 Å². The summed E-state index contributed by atoms with van der Waals surface area (Å²) >= 11 is 4.72. The normalized spacial score (nSPS) is 11.2. The number of carbonyl (C=O) groups is 3. The molecule has 0 spiro atoms. The first-order valence-electron chi connectivity index (χ1n) is 12.4. The summed E-state index contributed by atoms with van der Waals surface area (Å²) in [6, 6.07) is 16.9. The highest BCUT2D eigenvalue weighted by molar-refractivity contribution is 9.10. The summed E-state index contributed by atoms with van der Waals surface area (Å²) in [6.07, 6.45) is 0. The second kappa shape index (κ2) is 13.1. The van der Waals surface area contributed by atoms with Crippen molar-refractivity contribution < 1.29 is 28.6 Å². The van der Waals surface area contributed by atoms with Gasteiger partial charge in [-0.1, -0.05) is 42.5 Å². The van der Waals surface area contributed by atoms with Crippen LogP contribution in [0.25, 0.3) is 10.4 Å². The molecule has 208 valence electrons. The van der Waals surface area contributed by atoms with Crippen molar-refractivity contribution in [2.75, 3.05) is 18.6 Å². The van der Waals surface area contributed by atoms with E-state index < -0.39 is 17.5 Å². The van der Waals surface area contributed by atoms with Crippen LogP contribution in [0.15, 0.2) is 59.1 Å². The number of halogens is 1. The molecule has 0 aliphatic rings. The Labute approximate surface area is 241 Å². The molecule has 2 aromatic carbocycles. The average molecular weight is 618 g/mol. The number of benzene rings is 2. The van der Waals surface area contributed by atoms with Gasteiger partial charge in [0, 0.05) is 11.7 Å². The fraction of sp³-hybridized carbons (Fsp3) is 0.345. The van der Waals surface area contributed by atoms with Gasteiger partial charge in [-0.3, -0.25) is 4.90 Å². The standard InChI is InChI=1S/C29H33BrN2O6S/c1-18(2)31-28(35)32(16-19-11-8-7-9-12-19)21-14-10-13-20(15-21)25-23(30)24(26(39-25)27(34)36-6)37-17-22(33)38-29(3,4)5/h7-15,18H,16-17H2,1-6H3,(H,31,35). The van der Waals surface area contributed by atoms with Gasteiger partial charge < -0.3 is 19.5 Å². The number of hydrogen-bond donors (Lipinski definition) is 1. The number of anilines is 1. The maximum Gasteiger partial charge on any atom is 0.351 e. The first-order chi connectivity index (χ1) is 18.4. The molecule has 1 aromatic heterocycles. The highest BCUT2D eigenvalue weighted by Crippen LogP contribution is 2.46. The lowest BCUT2D eigenvalue weighted by molar-refractivity contribution is -0.157. The lowest BCUT2D eigenvalue weighted by Gasteiger charge is -2.25. The number of hydrogen-bond acceptors (Lipinski definition) is 7. The molecule has 0 bridgehead atoms. The van der Waals surface area contributed by atoms with Crippen molar-refractivity contribution in [3.8, 4) is 16.2 Å². The number of rotatable bonds is 9. The molecule has 0 fully saturated rings. The Balaban J connectivity index is 1.99. The summed E-state index contributed by atoms with van der Waals surface area (Å²) in [5.74, 6) is -0.964. The minimum atomic E-state index is -0.670. The number of esters is 2. The topological polar surface area (TPSA) is 94.2 Å². The first kappa shape index (κ1) is 30.2. The number of carbonyl (C=O) groups excluding carboxylic acids is 3. The van der Waals surface area contributed by atoms with Crippen molar-refractivity contribution in [1.29, 1.82) is 0 Å². The molecule has 3 rings (SSSR count). The Hall–Kier alpha value is -3.37. The predicted molar refractivity (Wildman–Crippen MR) is 156 cm³/mol. The Morgan fingerprint density at radius 2 is 1.74 bits per heavy atom. The van der Waals surface area contributed by atoms with Crippen LogP contribution in [0.1, 0.15) is 49.9 Å². The third kappa shape index (κ3) is 8.31. The van der Waals surface area contributed by atoms with E-state index in [0.29, 0.717) is 21.6 Å².